The predicted molar refractivity (Wildman–Crippen MR) is 53.1 cm³/mol. The van der Waals surface area contributed by atoms with E-state index in [1.807, 2.05) is 6.07 Å². The Balaban J connectivity index is 2.49. The van der Waals surface area contributed by atoms with Crippen molar-refractivity contribution >= 4 is 11.6 Å². The van der Waals surface area contributed by atoms with E-state index in [1.165, 1.54) is 6.20 Å². The van der Waals surface area contributed by atoms with Crippen molar-refractivity contribution < 1.29 is 0 Å². The van der Waals surface area contributed by atoms with E-state index in [2.05, 4.69) is 15.2 Å². The van der Waals surface area contributed by atoms with E-state index < -0.39 is 0 Å². The molecule has 0 saturated heterocycles. The molecule has 0 radical (unpaired) electrons. The van der Waals surface area contributed by atoms with Crippen LogP contribution in [-0.4, -0.2) is 15.2 Å². The molecular formula is C9H6ClN3O. The molecule has 1 aromatic carbocycles. The van der Waals surface area contributed by atoms with Crippen molar-refractivity contribution in [3.63, 3.8) is 0 Å². The molecule has 0 atom stereocenters. The fourth-order valence-electron chi connectivity index (χ4n) is 1.05. The molecule has 2 aromatic rings. The summed E-state index contributed by atoms with van der Waals surface area (Å²) in [7, 11) is 0. The zero-order chi connectivity index (χ0) is 9.97. The molecule has 14 heavy (non-hydrogen) atoms. The van der Waals surface area contributed by atoms with Crippen LogP contribution in [0.3, 0.4) is 0 Å². The minimum absolute atomic E-state index is 0.323. The fourth-order valence-corrected chi connectivity index (χ4v) is 1.24. The van der Waals surface area contributed by atoms with Gasteiger partial charge in [-0.1, -0.05) is 23.7 Å². The fraction of sp³-hybridized carbons (Fsp3) is 0. The quantitative estimate of drug-likeness (QED) is 0.771. The van der Waals surface area contributed by atoms with Gasteiger partial charge < -0.3 is 0 Å². The Kier molecular flexibility index (Phi) is 2.28. The van der Waals surface area contributed by atoms with Crippen LogP contribution in [0.5, 0.6) is 0 Å². The lowest BCUT2D eigenvalue weighted by Crippen LogP contribution is -2.08. The van der Waals surface area contributed by atoms with Gasteiger partial charge in [0.05, 0.1) is 6.20 Å². The second-order valence-corrected chi connectivity index (χ2v) is 3.12. The van der Waals surface area contributed by atoms with Crippen LogP contribution < -0.4 is 5.56 Å². The number of aromatic amines is 1. The number of benzene rings is 1. The van der Waals surface area contributed by atoms with Crippen molar-refractivity contribution in [1.29, 1.82) is 0 Å². The highest BCUT2D eigenvalue weighted by molar-refractivity contribution is 6.30. The summed E-state index contributed by atoms with van der Waals surface area (Å²) in [5.74, 6) is 0.451. The lowest BCUT2D eigenvalue weighted by molar-refractivity contribution is 0.941. The van der Waals surface area contributed by atoms with Crippen molar-refractivity contribution in [3.8, 4) is 11.4 Å². The maximum Gasteiger partial charge on any atom is 0.282 e. The molecule has 5 heteroatoms. The summed E-state index contributed by atoms with van der Waals surface area (Å²) in [5, 5.41) is 6.70. The van der Waals surface area contributed by atoms with Crippen LogP contribution in [0.15, 0.2) is 35.3 Å². The molecule has 1 aromatic heterocycles. The molecule has 0 aliphatic carbocycles. The average Bonchev–Trinajstić information content (AvgIpc) is 2.19. The van der Waals surface area contributed by atoms with Gasteiger partial charge in [-0.05, 0) is 12.1 Å². The van der Waals surface area contributed by atoms with E-state index in [1.54, 1.807) is 18.2 Å². The van der Waals surface area contributed by atoms with Crippen LogP contribution in [-0.2, 0) is 0 Å². The molecule has 0 bridgehead atoms. The third kappa shape index (κ3) is 1.80. The monoisotopic (exact) mass is 207 g/mol. The number of hydrogen-bond acceptors (Lipinski definition) is 3. The third-order valence-electron chi connectivity index (χ3n) is 1.66. The van der Waals surface area contributed by atoms with Crippen molar-refractivity contribution in [2.45, 2.75) is 0 Å². The summed E-state index contributed by atoms with van der Waals surface area (Å²) >= 11 is 5.80. The van der Waals surface area contributed by atoms with Crippen molar-refractivity contribution in [2.24, 2.45) is 0 Å². The van der Waals surface area contributed by atoms with Gasteiger partial charge in [0.2, 0.25) is 0 Å². The normalized spacial score (nSPS) is 10.1. The average molecular weight is 208 g/mol. The SMILES string of the molecule is O=c1cnc(-c2cccc(Cl)c2)n[nH]1. The number of hydrogen-bond donors (Lipinski definition) is 1. The Morgan fingerprint density at radius 3 is 2.86 bits per heavy atom. The Labute approximate surface area is 84.6 Å². The Morgan fingerprint density at radius 1 is 1.36 bits per heavy atom. The molecule has 0 fully saturated rings. The van der Waals surface area contributed by atoms with Crippen LogP contribution in [0, 0.1) is 0 Å². The number of nitrogens with zero attached hydrogens (tertiary/aromatic N) is 2. The highest BCUT2D eigenvalue weighted by Gasteiger charge is 2.00. The largest absolute Gasteiger partial charge is 0.282 e. The number of H-pyrrole nitrogens is 1. The number of aromatic nitrogens is 3. The lowest BCUT2D eigenvalue weighted by Gasteiger charge is -1.97. The predicted octanol–water partition coefficient (Wildman–Crippen LogP) is 1.49. The van der Waals surface area contributed by atoms with Gasteiger partial charge >= 0.3 is 0 Å². The van der Waals surface area contributed by atoms with E-state index in [0.29, 0.717) is 10.8 Å². The highest BCUT2D eigenvalue weighted by Crippen LogP contribution is 2.17. The van der Waals surface area contributed by atoms with Gasteiger partial charge in [0.15, 0.2) is 5.82 Å². The first-order valence-corrected chi connectivity index (χ1v) is 4.31. The lowest BCUT2D eigenvalue weighted by atomic mass is 10.2. The topological polar surface area (TPSA) is 58.6 Å². The Bertz CT molecular complexity index is 489. The molecular weight excluding hydrogens is 202 g/mol. The molecule has 4 nitrogen and oxygen atoms in total. The minimum Gasteiger partial charge on any atom is -0.266 e. The van der Waals surface area contributed by atoms with Crippen molar-refractivity contribution in [2.75, 3.05) is 0 Å². The second kappa shape index (κ2) is 3.59. The molecule has 1 N–H and O–H groups in total. The summed E-state index contributed by atoms with van der Waals surface area (Å²) < 4.78 is 0. The smallest absolute Gasteiger partial charge is 0.266 e. The molecule has 0 saturated carbocycles. The Hall–Kier alpha value is -1.68. The first-order chi connectivity index (χ1) is 6.75. The summed E-state index contributed by atoms with van der Waals surface area (Å²) in [5.41, 5.74) is 0.449. The molecule has 0 aliphatic rings. The van der Waals surface area contributed by atoms with Crippen LogP contribution in [0.2, 0.25) is 5.02 Å². The van der Waals surface area contributed by atoms with Crippen molar-refractivity contribution in [3.05, 3.63) is 45.8 Å². The third-order valence-corrected chi connectivity index (χ3v) is 1.89. The Morgan fingerprint density at radius 2 is 2.21 bits per heavy atom. The molecule has 0 unspecified atom stereocenters. The van der Waals surface area contributed by atoms with Gasteiger partial charge in [0.25, 0.3) is 5.56 Å². The zero-order valence-electron chi connectivity index (χ0n) is 7.07. The molecule has 1 heterocycles. The van der Waals surface area contributed by atoms with E-state index in [4.69, 9.17) is 11.6 Å². The van der Waals surface area contributed by atoms with Crippen LogP contribution >= 0.6 is 11.6 Å². The van der Waals surface area contributed by atoms with E-state index in [0.717, 1.165) is 5.56 Å². The number of nitrogens with one attached hydrogen (secondary N) is 1. The first-order valence-electron chi connectivity index (χ1n) is 3.93. The highest BCUT2D eigenvalue weighted by atomic mass is 35.5. The second-order valence-electron chi connectivity index (χ2n) is 2.68. The molecule has 2 rings (SSSR count). The maximum atomic E-state index is 10.7. The summed E-state index contributed by atoms with van der Waals surface area (Å²) in [6.45, 7) is 0. The first kappa shape index (κ1) is 8.90. The van der Waals surface area contributed by atoms with Gasteiger partial charge in [0, 0.05) is 10.6 Å². The summed E-state index contributed by atoms with van der Waals surface area (Å²) in [6, 6.07) is 7.11. The standard InChI is InChI=1S/C9H6ClN3O/c10-7-3-1-2-6(4-7)9-11-5-8(14)12-13-9/h1-5H,(H,12,14). The van der Waals surface area contributed by atoms with Gasteiger partial charge in [-0.25, -0.2) is 10.1 Å². The maximum absolute atomic E-state index is 10.7. The van der Waals surface area contributed by atoms with E-state index >= 15 is 0 Å². The van der Waals surface area contributed by atoms with Crippen LogP contribution in [0.1, 0.15) is 0 Å². The summed E-state index contributed by atoms with van der Waals surface area (Å²) in [6.07, 6.45) is 1.18. The van der Waals surface area contributed by atoms with E-state index in [-0.39, 0.29) is 5.56 Å². The molecule has 0 spiro atoms. The van der Waals surface area contributed by atoms with Gasteiger partial charge in [0.1, 0.15) is 0 Å². The van der Waals surface area contributed by atoms with Gasteiger partial charge in [-0.3, -0.25) is 4.79 Å². The van der Waals surface area contributed by atoms with Gasteiger partial charge in [-0.15, -0.1) is 0 Å². The minimum atomic E-state index is -0.323. The number of rotatable bonds is 1. The molecule has 70 valence electrons. The number of halogens is 1. The molecule has 0 aliphatic heterocycles. The van der Waals surface area contributed by atoms with Crippen LogP contribution in [0.25, 0.3) is 11.4 Å². The summed E-state index contributed by atoms with van der Waals surface area (Å²) in [4.78, 5) is 14.6. The van der Waals surface area contributed by atoms with E-state index in [9.17, 15) is 4.79 Å². The zero-order valence-corrected chi connectivity index (χ0v) is 7.82. The van der Waals surface area contributed by atoms with Crippen LogP contribution in [0.4, 0.5) is 0 Å². The van der Waals surface area contributed by atoms with Gasteiger partial charge in [-0.2, -0.15) is 5.10 Å². The van der Waals surface area contributed by atoms with Crippen molar-refractivity contribution in [1.82, 2.24) is 15.2 Å². The molecule has 0 amide bonds.